The maximum Gasteiger partial charge on any atom is 0.573 e. The Kier molecular flexibility index (Phi) is 3.99. The van der Waals surface area contributed by atoms with E-state index in [9.17, 15) is 13.2 Å². The Balaban J connectivity index is 1.83. The van der Waals surface area contributed by atoms with Gasteiger partial charge in [0.25, 0.3) is 0 Å². The van der Waals surface area contributed by atoms with Crippen molar-refractivity contribution in [2.45, 2.75) is 32.0 Å². The second-order valence-corrected chi connectivity index (χ2v) is 4.60. The van der Waals surface area contributed by atoms with Crippen molar-refractivity contribution in [1.29, 1.82) is 0 Å². The molecule has 0 spiro atoms. The third-order valence-electron chi connectivity index (χ3n) is 3.16. The van der Waals surface area contributed by atoms with Crippen LogP contribution in [0.25, 0.3) is 0 Å². The highest BCUT2D eigenvalue weighted by Crippen LogP contribution is 2.26. The molecule has 0 unspecified atom stereocenters. The standard InChI is InChI=1S/C13H16F3NO/c14-13(15,16)18-12-7-5-11(6-8-12)17-9-10-3-1-2-4-10/h5-8,10,17H,1-4,9H2. The predicted octanol–water partition coefficient (Wildman–Crippen LogP) is 4.19. The van der Waals surface area contributed by atoms with Gasteiger partial charge in [-0.05, 0) is 43.0 Å². The fourth-order valence-corrected chi connectivity index (χ4v) is 2.25. The monoisotopic (exact) mass is 259 g/mol. The third-order valence-corrected chi connectivity index (χ3v) is 3.16. The van der Waals surface area contributed by atoms with E-state index in [1.165, 1.54) is 37.8 Å². The molecule has 0 amide bonds. The maximum atomic E-state index is 12.0. The van der Waals surface area contributed by atoms with E-state index in [0.717, 1.165) is 12.2 Å². The number of hydrogen-bond acceptors (Lipinski definition) is 2. The normalized spacial score (nSPS) is 16.8. The number of anilines is 1. The average molecular weight is 259 g/mol. The van der Waals surface area contributed by atoms with Gasteiger partial charge in [-0.3, -0.25) is 0 Å². The summed E-state index contributed by atoms with van der Waals surface area (Å²) in [7, 11) is 0. The van der Waals surface area contributed by atoms with Crippen molar-refractivity contribution in [2.75, 3.05) is 11.9 Å². The van der Waals surface area contributed by atoms with Crippen LogP contribution in [-0.2, 0) is 0 Å². The van der Waals surface area contributed by atoms with Gasteiger partial charge in [-0.2, -0.15) is 0 Å². The Morgan fingerprint density at radius 3 is 2.28 bits per heavy atom. The van der Waals surface area contributed by atoms with Crippen molar-refractivity contribution in [3.8, 4) is 5.75 Å². The van der Waals surface area contributed by atoms with Gasteiger partial charge in [-0.25, -0.2) is 0 Å². The first-order chi connectivity index (χ1) is 8.53. The maximum absolute atomic E-state index is 12.0. The molecule has 1 saturated carbocycles. The lowest BCUT2D eigenvalue weighted by molar-refractivity contribution is -0.274. The molecule has 1 aliphatic rings. The number of hydrogen-bond donors (Lipinski definition) is 1. The minimum absolute atomic E-state index is 0.186. The van der Waals surface area contributed by atoms with Gasteiger partial charge in [-0.1, -0.05) is 12.8 Å². The van der Waals surface area contributed by atoms with Crippen LogP contribution in [0.5, 0.6) is 5.75 Å². The summed E-state index contributed by atoms with van der Waals surface area (Å²) in [5, 5.41) is 3.24. The molecule has 1 N–H and O–H groups in total. The van der Waals surface area contributed by atoms with Gasteiger partial charge < -0.3 is 10.1 Å². The highest BCUT2D eigenvalue weighted by atomic mass is 19.4. The van der Waals surface area contributed by atoms with Gasteiger partial charge in [0.05, 0.1) is 0 Å². The molecule has 1 fully saturated rings. The number of halogens is 3. The summed E-state index contributed by atoms with van der Waals surface area (Å²) in [5.74, 6) is 0.505. The summed E-state index contributed by atoms with van der Waals surface area (Å²) in [4.78, 5) is 0. The summed E-state index contributed by atoms with van der Waals surface area (Å²) in [6.45, 7) is 0.888. The van der Waals surface area contributed by atoms with Crippen molar-refractivity contribution in [3.05, 3.63) is 24.3 Å². The minimum atomic E-state index is -4.63. The van der Waals surface area contributed by atoms with E-state index in [-0.39, 0.29) is 5.75 Å². The molecule has 0 aromatic heterocycles. The fraction of sp³-hybridized carbons (Fsp3) is 0.538. The molecule has 0 radical (unpaired) electrons. The first kappa shape index (κ1) is 13.1. The Bertz CT molecular complexity index is 369. The lowest BCUT2D eigenvalue weighted by atomic mass is 10.1. The van der Waals surface area contributed by atoms with E-state index in [4.69, 9.17) is 0 Å². The second kappa shape index (κ2) is 5.50. The molecule has 0 aliphatic heterocycles. The van der Waals surface area contributed by atoms with Crippen LogP contribution >= 0.6 is 0 Å². The number of ether oxygens (including phenoxy) is 1. The van der Waals surface area contributed by atoms with Gasteiger partial charge in [0.15, 0.2) is 0 Å². The van der Waals surface area contributed by atoms with Gasteiger partial charge in [0.2, 0.25) is 0 Å². The van der Waals surface area contributed by atoms with E-state index in [1.807, 2.05) is 0 Å². The van der Waals surface area contributed by atoms with E-state index in [2.05, 4.69) is 10.1 Å². The molecule has 0 bridgehead atoms. The zero-order valence-electron chi connectivity index (χ0n) is 9.96. The summed E-state index contributed by atoms with van der Waals surface area (Å²) >= 11 is 0. The zero-order chi connectivity index (χ0) is 13.0. The van der Waals surface area contributed by atoms with Crippen LogP contribution in [0.4, 0.5) is 18.9 Å². The molecule has 2 nitrogen and oxygen atoms in total. The summed E-state index contributed by atoms with van der Waals surface area (Å²) in [5.41, 5.74) is 0.830. The summed E-state index contributed by atoms with van der Waals surface area (Å²) in [6.07, 6.45) is 0.415. The molecule has 0 saturated heterocycles. The third kappa shape index (κ3) is 4.13. The van der Waals surface area contributed by atoms with Crippen LogP contribution in [-0.4, -0.2) is 12.9 Å². The van der Waals surface area contributed by atoms with Crippen LogP contribution in [0, 0.1) is 5.92 Å². The topological polar surface area (TPSA) is 21.3 Å². The number of benzene rings is 1. The van der Waals surface area contributed by atoms with Gasteiger partial charge in [-0.15, -0.1) is 13.2 Å². The van der Waals surface area contributed by atoms with Gasteiger partial charge >= 0.3 is 6.36 Å². The Morgan fingerprint density at radius 2 is 1.72 bits per heavy atom. The van der Waals surface area contributed by atoms with Crippen LogP contribution in [0.3, 0.4) is 0 Å². The molecule has 1 aromatic carbocycles. The molecule has 5 heteroatoms. The zero-order valence-corrected chi connectivity index (χ0v) is 9.96. The van der Waals surface area contributed by atoms with E-state index in [0.29, 0.717) is 5.92 Å². The van der Waals surface area contributed by atoms with Crippen molar-refractivity contribution in [3.63, 3.8) is 0 Å². The Morgan fingerprint density at radius 1 is 1.11 bits per heavy atom. The molecule has 0 atom stereocenters. The van der Waals surface area contributed by atoms with Crippen LogP contribution in [0.2, 0.25) is 0 Å². The molecular formula is C13H16F3NO. The molecule has 1 aromatic rings. The lowest BCUT2D eigenvalue weighted by Gasteiger charge is -2.13. The van der Waals surface area contributed by atoms with Crippen molar-refractivity contribution < 1.29 is 17.9 Å². The first-order valence-corrected chi connectivity index (χ1v) is 6.12. The minimum Gasteiger partial charge on any atom is -0.406 e. The Labute approximate surface area is 104 Å². The molecule has 2 rings (SSSR count). The highest BCUT2D eigenvalue weighted by molar-refractivity contribution is 5.46. The van der Waals surface area contributed by atoms with Crippen LogP contribution in [0.1, 0.15) is 25.7 Å². The number of nitrogens with one attached hydrogen (secondary N) is 1. The largest absolute Gasteiger partial charge is 0.573 e. The predicted molar refractivity (Wildman–Crippen MR) is 63.6 cm³/mol. The molecule has 1 aliphatic carbocycles. The second-order valence-electron chi connectivity index (χ2n) is 4.60. The molecule has 0 heterocycles. The van der Waals surface area contributed by atoms with Gasteiger partial charge in [0.1, 0.15) is 5.75 Å². The van der Waals surface area contributed by atoms with E-state index in [1.54, 1.807) is 12.1 Å². The number of alkyl halides is 3. The van der Waals surface area contributed by atoms with Crippen molar-refractivity contribution in [1.82, 2.24) is 0 Å². The quantitative estimate of drug-likeness (QED) is 0.875. The number of rotatable bonds is 4. The highest BCUT2D eigenvalue weighted by Gasteiger charge is 2.30. The molecule has 100 valence electrons. The molecular weight excluding hydrogens is 243 g/mol. The van der Waals surface area contributed by atoms with E-state index >= 15 is 0 Å². The smallest absolute Gasteiger partial charge is 0.406 e. The summed E-state index contributed by atoms with van der Waals surface area (Å²) in [6, 6.07) is 5.86. The fourth-order valence-electron chi connectivity index (χ4n) is 2.25. The Hall–Kier alpha value is -1.39. The van der Waals surface area contributed by atoms with Crippen LogP contribution < -0.4 is 10.1 Å². The average Bonchev–Trinajstić information content (AvgIpc) is 2.79. The van der Waals surface area contributed by atoms with Gasteiger partial charge in [0, 0.05) is 12.2 Å². The SMILES string of the molecule is FC(F)(F)Oc1ccc(NCC2CCCC2)cc1. The first-order valence-electron chi connectivity index (χ1n) is 6.12. The molecule has 18 heavy (non-hydrogen) atoms. The van der Waals surface area contributed by atoms with E-state index < -0.39 is 6.36 Å². The van der Waals surface area contributed by atoms with Crippen molar-refractivity contribution in [2.24, 2.45) is 5.92 Å². The summed E-state index contributed by atoms with van der Waals surface area (Å²) < 4.78 is 39.7. The van der Waals surface area contributed by atoms with Crippen molar-refractivity contribution >= 4 is 5.69 Å². The lowest BCUT2D eigenvalue weighted by Crippen LogP contribution is -2.17. The van der Waals surface area contributed by atoms with Crippen LogP contribution in [0.15, 0.2) is 24.3 Å².